The van der Waals surface area contributed by atoms with Crippen LogP contribution in [0.15, 0.2) is 97.2 Å². The molecule has 13 heteroatoms. The maximum absolute atomic E-state index is 12.6. The minimum atomic E-state index is -4.75. The minimum absolute atomic E-state index is 0.0580. The van der Waals surface area contributed by atoms with Gasteiger partial charge in [-0.25, -0.2) is 4.57 Å². The molecule has 0 spiro atoms. The van der Waals surface area contributed by atoms with Crippen molar-refractivity contribution >= 4 is 25.7 Å². The highest BCUT2D eigenvalue weighted by atomic mass is 31.2. The fraction of sp³-hybridized carbons (Fsp3) is 0.568. The number of ether oxygens (including phenoxy) is 2. The van der Waals surface area contributed by atoms with Gasteiger partial charge in [0, 0.05) is 12.8 Å². The second-order valence-electron chi connectivity index (χ2n) is 13.3. The van der Waals surface area contributed by atoms with Crippen molar-refractivity contribution in [1.29, 1.82) is 0 Å². The maximum atomic E-state index is 12.6. The van der Waals surface area contributed by atoms with Crippen LogP contribution in [0.5, 0.6) is 0 Å². The average Bonchev–Trinajstić information content (AvgIpc) is 3.17. The lowest BCUT2D eigenvalue weighted by Gasteiger charge is -2.20. The molecule has 322 valence electrons. The van der Waals surface area contributed by atoms with E-state index in [9.17, 15) is 28.9 Å². The van der Waals surface area contributed by atoms with E-state index in [0.717, 1.165) is 77.0 Å². The van der Waals surface area contributed by atoms with Crippen molar-refractivity contribution in [2.45, 2.75) is 141 Å². The molecule has 0 heterocycles. The second-order valence-corrected chi connectivity index (χ2v) is 14.8. The molecular weight excluding hydrogens is 749 g/mol. The molecule has 0 saturated carbocycles. The van der Waals surface area contributed by atoms with Gasteiger partial charge in [0.05, 0.1) is 19.3 Å². The van der Waals surface area contributed by atoms with Gasteiger partial charge in [0.2, 0.25) is 0 Å². The Morgan fingerprint density at radius 2 is 1.05 bits per heavy atom. The van der Waals surface area contributed by atoms with E-state index in [-0.39, 0.29) is 18.9 Å². The third-order valence-corrected chi connectivity index (χ3v) is 8.79. The molecule has 4 atom stereocenters. The van der Waals surface area contributed by atoms with Crippen LogP contribution in [0, 0.1) is 0 Å². The summed E-state index contributed by atoms with van der Waals surface area (Å²) in [5.74, 6) is -2.54. The number of aliphatic hydroxyl groups is 1. The molecule has 0 aliphatic rings. The Kier molecular flexibility index (Phi) is 35.5. The van der Waals surface area contributed by atoms with Gasteiger partial charge in [-0.15, -0.1) is 0 Å². The number of phosphoric acid groups is 1. The first-order valence-electron chi connectivity index (χ1n) is 20.3. The van der Waals surface area contributed by atoms with Crippen molar-refractivity contribution in [1.82, 2.24) is 0 Å². The van der Waals surface area contributed by atoms with Crippen molar-refractivity contribution in [3.05, 3.63) is 97.2 Å². The Balaban J connectivity index is 4.60. The van der Waals surface area contributed by atoms with Crippen molar-refractivity contribution in [3.63, 3.8) is 0 Å². The summed E-state index contributed by atoms with van der Waals surface area (Å²) < 4.78 is 32.5. The van der Waals surface area contributed by atoms with E-state index in [1.807, 2.05) is 12.2 Å². The Labute approximate surface area is 341 Å². The van der Waals surface area contributed by atoms with Crippen molar-refractivity contribution in [3.8, 4) is 0 Å². The molecule has 1 unspecified atom stereocenters. The topological polar surface area (TPSA) is 192 Å². The quantitative estimate of drug-likeness (QED) is 0.0203. The van der Waals surface area contributed by atoms with E-state index in [1.165, 1.54) is 0 Å². The van der Waals surface area contributed by atoms with Crippen LogP contribution in [0.2, 0.25) is 0 Å². The van der Waals surface area contributed by atoms with E-state index in [2.05, 4.69) is 96.5 Å². The van der Waals surface area contributed by atoms with Crippen LogP contribution < -0.4 is 5.73 Å². The minimum Gasteiger partial charge on any atom is -0.480 e. The average molecular weight is 820 g/mol. The van der Waals surface area contributed by atoms with Crippen molar-refractivity contribution in [2.75, 3.05) is 19.8 Å². The normalized spacial score (nSPS) is 15.3. The molecular formula is C44H70NO11P. The smallest absolute Gasteiger partial charge is 0.472 e. The highest BCUT2D eigenvalue weighted by Gasteiger charge is 2.28. The van der Waals surface area contributed by atoms with Crippen molar-refractivity contribution < 1.29 is 52.6 Å². The largest absolute Gasteiger partial charge is 0.480 e. The summed E-state index contributed by atoms with van der Waals surface area (Å²) in [6.07, 6.45) is 44.8. The molecule has 0 aromatic carbocycles. The summed E-state index contributed by atoms with van der Waals surface area (Å²) >= 11 is 0. The fourth-order valence-corrected chi connectivity index (χ4v) is 5.43. The van der Waals surface area contributed by atoms with Crippen LogP contribution in [0.3, 0.4) is 0 Å². The summed E-state index contributed by atoms with van der Waals surface area (Å²) in [6.45, 7) is 2.10. The molecule has 0 saturated heterocycles. The van der Waals surface area contributed by atoms with Gasteiger partial charge in [-0.2, -0.15) is 0 Å². The predicted molar refractivity (Wildman–Crippen MR) is 227 cm³/mol. The molecule has 0 aromatic rings. The van der Waals surface area contributed by atoms with E-state index >= 15 is 0 Å². The van der Waals surface area contributed by atoms with Gasteiger partial charge in [-0.05, 0) is 103 Å². The van der Waals surface area contributed by atoms with Gasteiger partial charge in [0.15, 0.2) is 6.10 Å². The number of aliphatic carboxylic acids is 1. The second kappa shape index (κ2) is 37.9. The first-order valence-corrected chi connectivity index (χ1v) is 21.8. The van der Waals surface area contributed by atoms with Crippen LogP contribution in [-0.2, 0) is 37.5 Å². The number of carboxylic acid groups (broad SMARTS) is 1. The third kappa shape index (κ3) is 39.0. The lowest BCUT2D eigenvalue weighted by molar-refractivity contribution is -0.161. The highest BCUT2D eigenvalue weighted by Crippen LogP contribution is 2.43. The molecule has 12 nitrogen and oxygen atoms in total. The monoisotopic (exact) mass is 819 g/mol. The van der Waals surface area contributed by atoms with Crippen LogP contribution in [0.25, 0.3) is 0 Å². The summed E-state index contributed by atoms with van der Waals surface area (Å²) in [6, 6.07) is -1.55. The standard InChI is InChI=1S/C44H70NO11P/c1-3-4-5-6-7-8-9-10-12-16-19-22-25-28-31-34-42(47)53-36-40(37-54-57(51,52)55-38-41(45)44(49)50)56-43(48)35-32-29-26-23-20-17-14-11-13-15-18-21-24-27-30-33-39(2)46/h4-5,7-8,10,12-15,17,19,21-24,26,39-41,46H,3,6,9,11,16,18,20,25,27-38,45H2,1-2H3,(H,49,50)(H,51,52)/b5-4-,8-7-,12-10-,15-13-,17-14-,22-19-,24-21-,26-23-/t39-,40+,41-/m0/s1. The van der Waals surface area contributed by atoms with Gasteiger partial charge in [0.25, 0.3) is 0 Å². The van der Waals surface area contributed by atoms with E-state index < -0.39 is 57.7 Å². The zero-order valence-corrected chi connectivity index (χ0v) is 35.1. The lowest BCUT2D eigenvalue weighted by atomic mass is 10.1. The van der Waals surface area contributed by atoms with Crippen molar-refractivity contribution in [2.24, 2.45) is 5.73 Å². The SMILES string of the molecule is CC/C=C\C/C=C\C/C=C\C/C=C\CCCCC(=O)OC[C@H](COP(=O)(O)OC[C@H](N)C(=O)O)OC(=O)CCC/C=C\C/C=C\C/C=C\C/C=C\CCC[C@H](C)O. The van der Waals surface area contributed by atoms with Crippen LogP contribution in [0.1, 0.15) is 123 Å². The lowest BCUT2D eigenvalue weighted by Crippen LogP contribution is -2.34. The first kappa shape index (κ1) is 53.4. The van der Waals surface area contributed by atoms with E-state index in [1.54, 1.807) is 6.92 Å². The number of allylic oxidation sites excluding steroid dienone is 16. The Hall–Kier alpha value is -3.64. The maximum Gasteiger partial charge on any atom is 0.472 e. The summed E-state index contributed by atoms with van der Waals surface area (Å²) in [5, 5.41) is 18.1. The number of aliphatic hydroxyl groups excluding tert-OH is 1. The number of unbranched alkanes of at least 4 members (excludes halogenated alkanes) is 4. The van der Waals surface area contributed by atoms with Gasteiger partial charge in [-0.3, -0.25) is 23.4 Å². The Morgan fingerprint density at radius 1 is 0.614 bits per heavy atom. The number of phosphoric ester groups is 1. The highest BCUT2D eigenvalue weighted by molar-refractivity contribution is 7.47. The van der Waals surface area contributed by atoms with Gasteiger partial charge >= 0.3 is 25.7 Å². The molecule has 0 amide bonds. The fourth-order valence-electron chi connectivity index (χ4n) is 4.65. The molecule has 0 bridgehead atoms. The van der Waals surface area contributed by atoms with Crippen LogP contribution in [-0.4, -0.2) is 71.1 Å². The molecule has 0 fully saturated rings. The van der Waals surface area contributed by atoms with Crippen LogP contribution >= 0.6 is 7.82 Å². The number of carbonyl (C=O) groups excluding carboxylic acids is 2. The molecule has 5 N–H and O–H groups in total. The van der Waals surface area contributed by atoms with E-state index in [4.69, 9.17) is 24.8 Å². The molecule has 0 aliphatic heterocycles. The number of nitrogens with two attached hydrogens (primary N) is 1. The summed E-state index contributed by atoms with van der Waals surface area (Å²) in [5.41, 5.74) is 5.31. The zero-order chi connectivity index (χ0) is 42.2. The molecule has 57 heavy (non-hydrogen) atoms. The summed E-state index contributed by atoms with van der Waals surface area (Å²) in [7, 11) is -4.75. The number of carboxylic acids is 1. The van der Waals surface area contributed by atoms with Gasteiger partial charge < -0.3 is 30.3 Å². The first-order chi connectivity index (χ1) is 27.5. The molecule has 0 aliphatic carbocycles. The predicted octanol–water partition coefficient (Wildman–Crippen LogP) is 9.47. The number of hydrogen-bond donors (Lipinski definition) is 4. The third-order valence-electron chi connectivity index (χ3n) is 7.83. The molecule has 0 radical (unpaired) electrons. The van der Waals surface area contributed by atoms with E-state index in [0.29, 0.717) is 19.3 Å². The van der Waals surface area contributed by atoms with Gasteiger partial charge in [-0.1, -0.05) is 104 Å². The number of hydrogen-bond acceptors (Lipinski definition) is 10. The zero-order valence-electron chi connectivity index (χ0n) is 34.2. The number of rotatable bonds is 36. The van der Waals surface area contributed by atoms with Gasteiger partial charge in [0.1, 0.15) is 12.6 Å². The Morgan fingerprint density at radius 3 is 1.54 bits per heavy atom. The molecule has 0 rings (SSSR count). The Bertz CT molecular complexity index is 1350. The number of carbonyl (C=O) groups is 3. The summed E-state index contributed by atoms with van der Waals surface area (Å²) in [4.78, 5) is 45.8. The molecule has 0 aromatic heterocycles. The van der Waals surface area contributed by atoms with Crippen LogP contribution in [0.4, 0.5) is 0 Å². The number of esters is 2.